The fraction of sp³-hybridized carbons (Fsp3) is 0.200. The summed E-state index contributed by atoms with van der Waals surface area (Å²) < 4.78 is 6.56. The fourth-order valence-electron chi connectivity index (χ4n) is 1.79. The van der Waals surface area contributed by atoms with Crippen molar-refractivity contribution in [1.29, 1.82) is 0 Å². The Labute approximate surface area is 137 Å². The number of nitrogens with one attached hydrogen (secondary N) is 1. The van der Waals surface area contributed by atoms with Crippen LogP contribution in [0.25, 0.3) is 0 Å². The molecule has 0 atom stereocenters. The zero-order valence-electron chi connectivity index (χ0n) is 11.8. The summed E-state index contributed by atoms with van der Waals surface area (Å²) in [5.41, 5.74) is 1.11. The van der Waals surface area contributed by atoms with Gasteiger partial charge in [-0.1, -0.05) is 29.3 Å². The third kappa shape index (κ3) is 4.26. The molecule has 0 saturated carbocycles. The molecule has 1 heterocycles. The van der Waals surface area contributed by atoms with Crippen LogP contribution in [0.2, 0.25) is 10.0 Å². The lowest BCUT2D eigenvalue weighted by Crippen LogP contribution is -2.28. The molecular weight excluding hydrogens is 327 g/mol. The Morgan fingerprint density at radius 2 is 2.05 bits per heavy atom. The highest BCUT2D eigenvalue weighted by Gasteiger charge is 2.12. The number of carbonyl (C=O) groups excluding carboxylic acids is 2. The number of carbonyl (C=O) groups is 2. The van der Waals surface area contributed by atoms with E-state index < -0.39 is 11.9 Å². The van der Waals surface area contributed by atoms with E-state index >= 15 is 0 Å². The minimum atomic E-state index is -0.549. The molecule has 0 saturated heterocycles. The van der Waals surface area contributed by atoms with E-state index in [-0.39, 0.29) is 13.2 Å². The number of rotatable bonds is 5. The highest BCUT2D eigenvalue weighted by Crippen LogP contribution is 2.20. The smallest absolute Gasteiger partial charge is 0.355 e. The van der Waals surface area contributed by atoms with Gasteiger partial charge in [-0.2, -0.15) is 0 Å². The maximum atomic E-state index is 11.7. The van der Waals surface area contributed by atoms with Crippen LogP contribution < -0.4 is 5.32 Å². The molecule has 1 aromatic carbocycles. The van der Waals surface area contributed by atoms with Crippen molar-refractivity contribution in [1.82, 2.24) is 9.88 Å². The van der Waals surface area contributed by atoms with Gasteiger partial charge >= 0.3 is 5.97 Å². The fourth-order valence-corrected chi connectivity index (χ4v) is 2.26. The summed E-state index contributed by atoms with van der Waals surface area (Å²) >= 11 is 11.8. The first-order valence-corrected chi connectivity index (χ1v) is 7.22. The third-order valence-corrected chi connectivity index (χ3v) is 3.57. The SMILES string of the molecule is Cn1cccc1C(=O)OCC(=O)NCc1ccc(Cl)cc1Cl. The number of amides is 1. The van der Waals surface area contributed by atoms with Crippen molar-refractivity contribution < 1.29 is 14.3 Å². The van der Waals surface area contributed by atoms with E-state index in [1.54, 1.807) is 48.1 Å². The van der Waals surface area contributed by atoms with Gasteiger partial charge in [-0.3, -0.25) is 4.79 Å². The molecule has 0 bridgehead atoms. The summed E-state index contributed by atoms with van der Waals surface area (Å²) in [5.74, 6) is -0.958. The second-order valence-electron chi connectivity index (χ2n) is 4.59. The minimum absolute atomic E-state index is 0.233. The molecule has 5 nitrogen and oxygen atoms in total. The third-order valence-electron chi connectivity index (χ3n) is 2.98. The molecule has 0 spiro atoms. The van der Waals surface area contributed by atoms with Gasteiger partial charge < -0.3 is 14.6 Å². The molecule has 0 aliphatic rings. The average Bonchev–Trinajstić information content (AvgIpc) is 2.90. The first kappa shape index (κ1) is 16.4. The second kappa shape index (κ2) is 7.33. The highest BCUT2D eigenvalue weighted by molar-refractivity contribution is 6.35. The van der Waals surface area contributed by atoms with Gasteiger partial charge in [0.05, 0.1) is 0 Å². The molecule has 1 amide bonds. The van der Waals surface area contributed by atoms with Gasteiger partial charge in [-0.05, 0) is 29.8 Å². The number of ether oxygens (including phenoxy) is 1. The van der Waals surface area contributed by atoms with Crippen molar-refractivity contribution >= 4 is 35.1 Å². The van der Waals surface area contributed by atoms with E-state index in [4.69, 9.17) is 27.9 Å². The number of nitrogens with zero attached hydrogens (tertiary/aromatic N) is 1. The number of benzene rings is 1. The van der Waals surface area contributed by atoms with Crippen LogP contribution in [0.15, 0.2) is 36.5 Å². The summed E-state index contributed by atoms with van der Waals surface area (Å²) in [5, 5.41) is 3.61. The molecule has 0 unspecified atom stereocenters. The Bertz CT molecular complexity index is 698. The van der Waals surface area contributed by atoms with E-state index in [1.165, 1.54) is 0 Å². The van der Waals surface area contributed by atoms with Crippen LogP contribution in [0, 0.1) is 0 Å². The van der Waals surface area contributed by atoms with Crippen molar-refractivity contribution in [2.45, 2.75) is 6.54 Å². The van der Waals surface area contributed by atoms with E-state index in [9.17, 15) is 9.59 Å². The lowest BCUT2D eigenvalue weighted by molar-refractivity contribution is -0.124. The average molecular weight is 341 g/mol. The standard InChI is InChI=1S/C15H14Cl2N2O3/c1-19-6-2-3-13(19)15(21)22-9-14(20)18-8-10-4-5-11(16)7-12(10)17/h2-7H,8-9H2,1H3,(H,18,20). The van der Waals surface area contributed by atoms with E-state index in [2.05, 4.69) is 5.32 Å². The topological polar surface area (TPSA) is 60.3 Å². The number of esters is 1. The molecule has 0 radical (unpaired) electrons. The Hall–Kier alpha value is -1.98. The molecule has 0 aliphatic heterocycles. The van der Waals surface area contributed by atoms with Crippen LogP contribution in [0.3, 0.4) is 0 Å². The summed E-state index contributed by atoms with van der Waals surface area (Å²) in [7, 11) is 1.72. The first-order chi connectivity index (χ1) is 10.5. The minimum Gasteiger partial charge on any atom is -0.451 e. The van der Waals surface area contributed by atoms with Gasteiger partial charge in [0.2, 0.25) is 0 Å². The van der Waals surface area contributed by atoms with E-state index in [0.29, 0.717) is 15.7 Å². The summed E-state index contributed by atoms with van der Waals surface area (Å²) in [6, 6.07) is 8.35. The van der Waals surface area contributed by atoms with Gasteiger partial charge in [0, 0.05) is 29.8 Å². The number of halogens is 2. The molecule has 1 aromatic heterocycles. The normalized spacial score (nSPS) is 10.3. The molecule has 0 aliphatic carbocycles. The molecular formula is C15H14Cl2N2O3. The Morgan fingerprint density at radius 1 is 1.27 bits per heavy atom. The summed E-state index contributed by atoms with van der Waals surface area (Å²) in [4.78, 5) is 23.4. The zero-order valence-corrected chi connectivity index (χ0v) is 13.3. The summed E-state index contributed by atoms with van der Waals surface area (Å²) in [6.07, 6.45) is 1.72. The molecule has 7 heteroatoms. The zero-order chi connectivity index (χ0) is 16.1. The molecule has 2 aromatic rings. The predicted molar refractivity (Wildman–Crippen MR) is 84.0 cm³/mol. The molecule has 2 rings (SSSR count). The van der Waals surface area contributed by atoms with Crippen LogP contribution in [0.1, 0.15) is 16.1 Å². The molecule has 0 fully saturated rings. The Kier molecular flexibility index (Phi) is 5.46. The van der Waals surface area contributed by atoms with E-state index in [0.717, 1.165) is 5.56 Å². The maximum Gasteiger partial charge on any atom is 0.355 e. The van der Waals surface area contributed by atoms with Gasteiger partial charge in [0.25, 0.3) is 5.91 Å². The first-order valence-electron chi connectivity index (χ1n) is 6.46. The Balaban J connectivity index is 1.81. The van der Waals surface area contributed by atoms with Gasteiger partial charge in [0.15, 0.2) is 6.61 Å². The summed E-state index contributed by atoms with van der Waals surface area (Å²) in [6.45, 7) is -0.119. The predicted octanol–water partition coefficient (Wildman–Crippen LogP) is 2.81. The lowest BCUT2D eigenvalue weighted by atomic mass is 10.2. The number of hydrogen-bond acceptors (Lipinski definition) is 3. The number of aromatic nitrogens is 1. The van der Waals surface area contributed by atoms with Crippen molar-refractivity contribution in [2.75, 3.05) is 6.61 Å². The van der Waals surface area contributed by atoms with Gasteiger partial charge in [0.1, 0.15) is 5.69 Å². The monoisotopic (exact) mass is 340 g/mol. The largest absolute Gasteiger partial charge is 0.451 e. The number of aryl methyl sites for hydroxylation is 1. The maximum absolute atomic E-state index is 11.7. The number of hydrogen-bond donors (Lipinski definition) is 1. The Morgan fingerprint density at radius 3 is 2.68 bits per heavy atom. The lowest BCUT2D eigenvalue weighted by Gasteiger charge is -2.08. The van der Waals surface area contributed by atoms with Crippen molar-refractivity contribution in [3.05, 3.63) is 57.8 Å². The quantitative estimate of drug-likeness (QED) is 0.851. The van der Waals surface area contributed by atoms with Crippen molar-refractivity contribution in [3.8, 4) is 0 Å². The van der Waals surface area contributed by atoms with Crippen LogP contribution >= 0.6 is 23.2 Å². The van der Waals surface area contributed by atoms with Crippen LogP contribution in [0.5, 0.6) is 0 Å². The van der Waals surface area contributed by atoms with E-state index in [1.807, 2.05) is 0 Å². The van der Waals surface area contributed by atoms with Crippen LogP contribution in [-0.4, -0.2) is 23.1 Å². The van der Waals surface area contributed by atoms with Crippen LogP contribution in [-0.2, 0) is 23.1 Å². The van der Waals surface area contributed by atoms with Gasteiger partial charge in [-0.25, -0.2) is 4.79 Å². The van der Waals surface area contributed by atoms with Crippen LogP contribution in [0.4, 0.5) is 0 Å². The van der Waals surface area contributed by atoms with Gasteiger partial charge in [-0.15, -0.1) is 0 Å². The van der Waals surface area contributed by atoms with Crippen molar-refractivity contribution in [2.24, 2.45) is 7.05 Å². The van der Waals surface area contributed by atoms with Crippen molar-refractivity contribution in [3.63, 3.8) is 0 Å². The molecule has 1 N–H and O–H groups in total. The second-order valence-corrected chi connectivity index (χ2v) is 5.44. The molecule has 116 valence electrons. The highest BCUT2D eigenvalue weighted by atomic mass is 35.5. The molecule has 22 heavy (non-hydrogen) atoms.